The molecule has 0 aliphatic carbocycles. The summed E-state index contributed by atoms with van der Waals surface area (Å²) in [6, 6.07) is 2.91. The Bertz CT molecular complexity index is 427. The minimum absolute atomic E-state index is 0.122. The first-order valence-electron chi connectivity index (χ1n) is 5.88. The van der Waals surface area contributed by atoms with Crippen molar-refractivity contribution in [3.63, 3.8) is 0 Å². The summed E-state index contributed by atoms with van der Waals surface area (Å²) in [7, 11) is 1.47. The molecule has 0 saturated carbocycles. The number of hydrogen-bond acceptors (Lipinski definition) is 7. The van der Waals surface area contributed by atoms with Crippen LogP contribution in [0.3, 0.4) is 0 Å². The highest BCUT2D eigenvalue weighted by Crippen LogP contribution is 2.23. The molecule has 1 rings (SSSR count). The van der Waals surface area contributed by atoms with E-state index >= 15 is 0 Å². The second-order valence-corrected chi connectivity index (χ2v) is 3.84. The molecule has 0 spiro atoms. The Morgan fingerprint density at radius 2 is 2.26 bits per heavy atom. The fourth-order valence-corrected chi connectivity index (χ4v) is 1.47. The predicted octanol–water partition coefficient (Wildman–Crippen LogP) is 0.841. The molecule has 1 aromatic heterocycles. The predicted molar refractivity (Wildman–Crippen MR) is 71.4 cm³/mol. The number of hydrogen-bond donors (Lipinski definition) is 3. The van der Waals surface area contributed by atoms with Crippen LogP contribution in [0.1, 0.15) is 6.92 Å². The number of pyridine rings is 1. The highest BCUT2D eigenvalue weighted by molar-refractivity contribution is 5.60. The lowest BCUT2D eigenvalue weighted by molar-refractivity contribution is -0.384. The fourth-order valence-electron chi connectivity index (χ4n) is 1.47. The van der Waals surface area contributed by atoms with Gasteiger partial charge in [0.2, 0.25) is 5.82 Å². The quantitative estimate of drug-likeness (QED) is 0.474. The van der Waals surface area contributed by atoms with Crippen molar-refractivity contribution in [1.29, 1.82) is 0 Å². The van der Waals surface area contributed by atoms with Gasteiger partial charge in [-0.25, -0.2) is 4.98 Å². The molecule has 0 aliphatic heterocycles. The van der Waals surface area contributed by atoms with Crippen LogP contribution in [0.5, 0.6) is 0 Å². The van der Waals surface area contributed by atoms with Crippen LogP contribution in [0, 0.1) is 10.1 Å². The first-order chi connectivity index (χ1) is 9.08. The number of aromatic nitrogens is 1. The van der Waals surface area contributed by atoms with Gasteiger partial charge in [0.1, 0.15) is 5.82 Å². The van der Waals surface area contributed by atoms with Crippen LogP contribution in [0.2, 0.25) is 0 Å². The molecule has 1 unspecified atom stereocenters. The van der Waals surface area contributed by atoms with Gasteiger partial charge in [-0.05, 0) is 13.0 Å². The van der Waals surface area contributed by atoms with Crippen LogP contribution in [-0.4, -0.2) is 47.9 Å². The van der Waals surface area contributed by atoms with E-state index in [9.17, 15) is 15.2 Å². The number of anilines is 2. The number of nitrogens with zero attached hydrogens (tertiary/aromatic N) is 2. The van der Waals surface area contributed by atoms with E-state index in [1.54, 1.807) is 6.07 Å². The van der Waals surface area contributed by atoms with Crippen molar-refractivity contribution in [2.75, 3.05) is 37.4 Å². The fraction of sp³-hybridized carbons (Fsp3) is 0.545. The second-order valence-electron chi connectivity index (χ2n) is 3.84. The smallest absolute Gasteiger partial charge is 0.311 e. The zero-order chi connectivity index (χ0) is 14.3. The van der Waals surface area contributed by atoms with Crippen LogP contribution in [0.25, 0.3) is 0 Å². The van der Waals surface area contributed by atoms with Gasteiger partial charge in [0.15, 0.2) is 0 Å². The third-order valence-corrected chi connectivity index (χ3v) is 2.29. The van der Waals surface area contributed by atoms with Crippen molar-refractivity contribution >= 4 is 17.3 Å². The van der Waals surface area contributed by atoms with Crippen LogP contribution >= 0.6 is 0 Å². The summed E-state index contributed by atoms with van der Waals surface area (Å²) in [6.45, 7) is 2.83. The van der Waals surface area contributed by atoms with E-state index in [0.29, 0.717) is 12.4 Å². The largest absolute Gasteiger partial charge is 0.389 e. The Labute approximate surface area is 111 Å². The summed E-state index contributed by atoms with van der Waals surface area (Å²) in [5.74, 6) is 0.662. The molecule has 1 heterocycles. The molecule has 0 fully saturated rings. The SMILES string of the molecule is CCNc1ccc([N+](=O)[O-])c(NCC(O)COC)n1. The average molecular weight is 270 g/mol. The number of rotatable bonds is 8. The van der Waals surface area contributed by atoms with Gasteiger partial charge in [-0.1, -0.05) is 0 Å². The maximum atomic E-state index is 10.9. The summed E-state index contributed by atoms with van der Waals surface area (Å²) >= 11 is 0. The van der Waals surface area contributed by atoms with Gasteiger partial charge in [0, 0.05) is 26.3 Å². The Morgan fingerprint density at radius 3 is 2.84 bits per heavy atom. The summed E-state index contributed by atoms with van der Waals surface area (Å²) in [5.41, 5.74) is -0.133. The van der Waals surface area contributed by atoms with Crippen molar-refractivity contribution in [2.24, 2.45) is 0 Å². The minimum Gasteiger partial charge on any atom is -0.389 e. The van der Waals surface area contributed by atoms with Crippen LogP contribution in [0.4, 0.5) is 17.3 Å². The Kier molecular flexibility index (Phi) is 5.97. The van der Waals surface area contributed by atoms with E-state index < -0.39 is 11.0 Å². The molecule has 0 aliphatic rings. The van der Waals surface area contributed by atoms with Crippen molar-refractivity contribution in [3.8, 4) is 0 Å². The molecule has 19 heavy (non-hydrogen) atoms. The average Bonchev–Trinajstić information content (AvgIpc) is 2.37. The Balaban J connectivity index is 2.82. The first-order valence-corrected chi connectivity index (χ1v) is 5.88. The molecule has 8 nitrogen and oxygen atoms in total. The summed E-state index contributed by atoms with van der Waals surface area (Å²) in [4.78, 5) is 14.5. The maximum Gasteiger partial charge on any atom is 0.311 e. The van der Waals surface area contributed by atoms with E-state index in [-0.39, 0.29) is 24.7 Å². The monoisotopic (exact) mass is 270 g/mol. The number of aliphatic hydroxyl groups excluding tert-OH is 1. The molecule has 106 valence electrons. The lowest BCUT2D eigenvalue weighted by Gasteiger charge is -2.12. The highest BCUT2D eigenvalue weighted by atomic mass is 16.6. The van der Waals surface area contributed by atoms with Crippen LogP contribution in [0.15, 0.2) is 12.1 Å². The number of nitro groups is 1. The molecule has 1 aromatic rings. The molecule has 3 N–H and O–H groups in total. The van der Waals surface area contributed by atoms with E-state index in [2.05, 4.69) is 15.6 Å². The molecule has 0 saturated heterocycles. The lowest BCUT2D eigenvalue weighted by Crippen LogP contribution is -2.25. The maximum absolute atomic E-state index is 10.9. The standard InChI is InChI=1S/C11H18N4O4/c1-3-12-10-5-4-9(15(17)18)11(14-10)13-6-8(16)7-19-2/h4-5,8,16H,3,6-7H2,1-2H3,(H2,12,13,14). The number of aliphatic hydroxyl groups is 1. The molecular formula is C11H18N4O4. The van der Waals surface area contributed by atoms with E-state index in [1.807, 2.05) is 6.92 Å². The Hall–Kier alpha value is -1.93. The van der Waals surface area contributed by atoms with Crippen LogP contribution in [-0.2, 0) is 4.74 Å². The second kappa shape index (κ2) is 7.49. The Morgan fingerprint density at radius 1 is 1.53 bits per heavy atom. The van der Waals surface area contributed by atoms with Gasteiger partial charge in [0.25, 0.3) is 0 Å². The third-order valence-electron chi connectivity index (χ3n) is 2.29. The van der Waals surface area contributed by atoms with E-state index in [0.717, 1.165) is 0 Å². The molecule has 1 atom stereocenters. The van der Waals surface area contributed by atoms with Crippen molar-refractivity contribution in [1.82, 2.24) is 4.98 Å². The molecule has 0 amide bonds. The topological polar surface area (TPSA) is 110 Å². The zero-order valence-electron chi connectivity index (χ0n) is 10.9. The van der Waals surface area contributed by atoms with Gasteiger partial charge >= 0.3 is 5.69 Å². The van der Waals surface area contributed by atoms with E-state index in [4.69, 9.17) is 4.74 Å². The highest BCUT2D eigenvalue weighted by Gasteiger charge is 2.16. The molecule has 8 heteroatoms. The lowest BCUT2D eigenvalue weighted by atomic mass is 10.3. The summed E-state index contributed by atoms with van der Waals surface area (Å²) < 4.78 is 4.78. The van der Waals surface area contributed by atoms with Gasteiger partial charge in [-0.15, -0.1) is 0 Å². The summed E-state index contributed by atoms with van der Waals surface area (Å²) in [6.07, 6.45) is -0.755. The van der Waals surface area contributed by atoms with Gasteiger partial charge in [-0.3, -0.25) is 10.1 Å². The molecule has 0 aromatic carbocycles. The van der Waals surface area contributed by atoms with Crippen molar-refractivity contribution < 1.29 is 14.8 Å². The van der Waals surface area contributed by atoms with Gasteiger partial charge < -0.3 is 20.5 Å². The van der Waals surface area contributed by atoms with Crippen molar-refractivity contribution in [2.45, 2.75) is 13.0 Å². The number of ether oxygens (including phenoxy) is 1. The van der Waals surface area contributed by atoms with Gasteiger partial charge in [-0.2, -0.15) is 0 Å². The summed E-state index contributed by atoms with van der Waals surface area (Å²) in [5, 5.41) is 26.1. The van der Waals surface area contributed by atoms with Crippen molar-refractivity contribution in [3.05, 3.63) is 22.2 Å². The molecule has 0 radical (unpaired) electrons. The minimum atomic E-state index is -0.755. The third kappa shape index (κ3) is 4.68. The van der Waals surface area contributed by atoms with Crippen LogP contribution < -0.4 is 10.6 Å². The molecule has 0 bridgehead atoms. The van der Waals surface area contributed by atoms with E-state index in [1.165, 1.54) is 13.2 Å². The zero-order valence-corrected chi connectivity index (χ0v) is 10.9. The number of methoxy groups -OCH3 is 1. The first kappa shape index (κ1) is 15.1. The van der Waals surface area contributed by atoms with Gasteiger partial charge in [0.05, 0.1) is 17.6 Å². The molecular weight excluding hydrogens is 252 g/mol. The normalized spacial score (nSPS) is 11.9. The number of nitrogens with one attached hydrogen (secondary N) is 2.